The minimum Gasteiger partial charge on any atom is -0.872 e. The molecular formula is C14H12N2O4. The average Bonchev–Trinajstić information content (AvgIpc) is 2.38. The number of aromatic hydroxyl groups is 1. The van der Waals surface area contributed by atoms with E-state index in [4.69, 9.17) is 10.8 Å². The number of carbonyl (C=O) groups excluding carboxylic acids is 2. The van der Waals surface area contributed by atoms with Gasteiger partial charge in [0, 0.05) is 11.6 Å². The Hall–Kier alpha value is -2.89. The first-order valence-corrected chi connectivity index (χ1v) is 5.79. The molecule has 2 rings (SSSR count). The molecular weight excluding hydrogens is 260 g/mol. The first-order chi connectivity index (χ1) is 9.47. The van der Waals surface area contributed by atoms with Crippen LogP contribution in [0.15, 0.2) is 42.7 Å². The van der Waals surface area contributed by atoms with E-state index in [-0.39, 0.29) is 23.4 Å². The van der Waals surface area contributed by atoms with Crippen molar-refractivity contribution in [1.29, 1.82) is 0 Å². The van der Waals surface area contributed by atoms with E-state index in [1.165, 1.54) is 29.0 Å². The summed E-state index contributed by atoms with van der Waals surface area (Å²) in [5, 5.41) is 20.7. The van der Waals surface area contributed by atoms with Crippen LogP contribution in [-0.2, 0) is 6.54 Å². The number of carbonyl (C=O) groups is 2. The third kappa shape index (κ3) is 2.92. The molecule has 1 amide bonds. The molecule has 6 nitrogen and oxygen atoms in total. The van der Waals surface area contributed by atoms with E-state index in [2.05, 4.69) is 0 Å². The molecule has 20 heavy (non-hydrogen) atoms. The van der Waals surface area contributed by atoms with Crippen LogP contribution in [0, 0.1) is 0 Å². The van der Waals surface area contributed by atoms with Crippen molar-refractivity contribution < 1.29 is 24.4 Å². The topological polar surface area (TPSA) is 107 Å². The lowest BCUT2D eigenvalue weighted by atomic mass is 10.1. The Labute approximate surface area is 114 Å². The van der Waals surface area contributed by atoms with Gasteiger partial charge in [-0.2, -0.15) is 4.57 Å². The highest BCUT2D eigenvalue weighted by atomic mass is 16.3. The number of hydrogen-bond donors (Lipinski definition) is 2. The predicted molar refractivity (Wildman–Crippen MR) is 67.0 cm³/mol. The maximum Gasteiger partial charge on any atom is 0.254 e. The molecule has 0 fully saturated rings. The normalized spacial score (nSPS) is 10.2. The molecule has 6 heteroatoms. The van der Waals surface area contributed by atoms with Crippen LogP contribution >= 0.6 is 0 Å². The second-order valence-corrected chi connectivity index (χ2v) is 4.23. The van der Waals surface area contributed by atoms with Gasteiger partial charge in [-0.25, -0.2) is 0 Å². The van der Waals surface area contributed by atoms with Crippen molar-refractivity contribution in [2.45, 2.75) is 6.54 Å². The lowest BCUT2D eigenvalue weighted by Crippen LogP contribution is -2.38. The van der Waals surface area contributed by atoms with Crippen molar-refractivity contribution in [2.75, 3.05) is 0 Å². The zero-order valence-electron chi connectivity index (χ0n) is 10.4. The molecule has 1 aromatic carbocycles. The molecule has 0 saturated carbocycles. The number of phenolic OH excluding ortho intramolecular Hbond substituents is 1. The van der Waals surface area contributed by atoms with E-state index < -0.39 is 17.4 Å². The minimum absolute atomic E-state index is 0.0141. The Balaban J connectivity index is 2.23. The van der Waals surface area contributed by atoms with Gasteiger partial charge in [-0.1, -0.05) is 5.75 Å². The summed E-state index contributed by atoms with van der Waals surface area (Å²) in [6, 6.07) is 6.65. The maximum atomic E-state index is 12.0. The number of Topliss-reactive ketones (excluding diaryl/α,β-unsaturated/α-hetero) is 1. The molecule has 0 saturated heterocycles. The SMILES string of the molecule is NC(=O)c1ccc[n+](CC(=O)c2ccc(O)cc2[O-])c1. The number of nitrogens with two attached hydrogens (primary N) is 1. The summed E-state index contributed by atoms with van der Waals surface area (Å²) < 4.78 is 1.47. The molecule has 1 heterocycles. The number of amides is 1. The van der Waals surface area contributed by atoms with Crippen LogP contribution in [0.4, 0.5) is 0 Å². The van der Waals surface area contributed by atoms with Crippen LogP contribution < -0.4 is 15.4 Å². The summed E-state index contributed by atoms with van der Waals surface area (Å²) in [7, 11) is 0. The Morgan fingerprint density at radius 3 is 2.70 bits per heavy atom. The average molecular weight is 272 g/mol. The molecule has 0 spiro atoms. The van der Waals surface area contributed by atoms with E-state index in [1.807, 2.05) is 0 Å². The molecule has 0 bridgehead atoms. The molecule has 0 aliphatic carbocycles. The van der Waals surface area contributed by atoms with Crippen molar-refractivity contribution in [3.8, 4) is 11.5 Å². The Bertz CT molecular complexity index is 683. The van der Waals surface area contributed by atoms with Gasteiger partial charge >= 0.3 is 0 Å². The molecule has 0 atom stereocenters. The highest BCUT2D eigenvalue weighted by molar-refractivity contribution is 5.97. The zero-order chi connectivity index (χ0) is 14.7. The number of rotatable bonds is 4. The van der Waals surface area contributed by atoms with Gasteiger partial charge in [0.05, 0.1) is 0 Å². The first kappa shape index (κ1) is 13.5. The standard InChI is InChI=1S/C14H12N2O4/c15-14(20)9-2-1-5-16(7-9)8-13(19)11-4-3-10(17)6-12(11)18/h1-7H,8H2,(H3-,15,17,18,19,20). The van der Waals surface area contributed by atoms with Gasteiger partial charge in [0.2, 0.25) is 12.3 Å². The minimum atomic E-state index is -0.596. The molecule has 0 radical (unpaired) electrons. The zero-order valence-corrected chi connectivity index (χ0v) is 10.4. The molecule has 3 N–H and O–H groups in total. The number of primary amides is 1. The highest BCUT2D eigenvalue weighted by Crippen LogP contribution is 2.20. The Kier molecular flexibility index (Phi) is 3.65. The van der Waals surface area contributed by atoms with Crippen LogP contribution in [0.25, 0.3) is 0 Å². The molecule has 2 aromatic rings. The third-order valence-corrected chi connectivity index (χ3v) is 2.73. The highest BCUT2D eigenvalue weighted by Gasteiger charge is 2.14. The van der Waals surface area contributed by atoms with Crippen LogP contribution in [0.5, 0.6) is 11.5 Å². The number of phenols is 1. The van der Waals surface area contributed by atoms with Crippen molar-refractivity contribution in [1.82, 2.24) is 0 Å². The van der Waals surface area contributed by atoms with Gasteiger partial charge in [-0.05, 0) is 24.3 Å². The molecule has 0 unspecified atom stereocenters. The summed E-state index contributed by atoms with van der Waals surface area (Å²) in [5.74, 6) is -1.74. The van der Waals surface area contributed by atoms with Gasteiger partial charge in [-0.3, -0.25) is 9.59 Å². The summed E-state index contributed by atoms with van der Waals surface area (Å²) in [5.41, 5.74) is 5.41. The number of benzene rings is 1. The van der Waals surface area contributed by atoms with Gasteiger partial charge in [0.25, 0.3) is 5.91 Å². The second kappa shape index (κ2) is 5.40. The van der Waals surface area contributed by atoms with Crippen LogP contribution in [0.1, 0.15) is 20.7 Å². The quantitative estimate of drug-likeness (QED) is 0.590. The van der Waals surface area contributed by atoms with E-state index in [1.54, 1.807) is 12.3 Å². The summed E-state index contributed by atoms with van der Waals surface area (Å²) in [4.78, 5) is 23.1. The van der Waals surface area contributed by atoms with Gasteiger partial charge in [0.15, 0.2) is 12.4 Å². The first-order valence-electron chi connectivity index (χ1n) is 5.79. The Morgan fingerprint density at radius 1 is 1.30 bits per heavy atom. The smallest absolute Gasteiger partial charge is 0.254 e. The lowest BCUT2D eigenvalue weighted by Gasteiger charge is -2.11. The van der Waals surface area contributed by atoms with Crippen LogP contribution in [0.2, 0.25) is 0 Å². The monoisotopic (exact) mass is 272 g/mol. The second-order valence-electron chi connectivity index (χ2n) is 4.23. The lowest BCUT2D eigenvalue weighted by molar-refractivity contribution is -0.683. The molecule has 102 valence electrons. The molecule has 0 aliphatic rings. The summed E-state index contributed by atoms with van der Waals surface area (Å²) >= 11 is 0. The summed E-state index contributed by atoms with van der Waals surface area (Å²) in [6.45, 7) is -0.0961. The third-order valence-electron chi connectivity index (χ3n) is 2.73. The van der Waals surface area contributed by atoms with Gasteiger partial charge < -0.3 is 15.9 Å². The van der Waals surface area contributed by atoms with Crippen molar-refractivity contribution >= 4 is 11.7 Å². The maximum absolute atomic E-state index is 12.0. The van der Waals surface area contributed by atoms with Crippen LogP contribution in [-0.4, -0.2) is 16.8 Å². The summed E-state index contributed by atoms with van der Waals surface area (Å²) in [6.07, 6.45) is 3.03. The molecule has 0 aliphatic heterocycles. The fourth-order valence-corrected chi connectivity index (χ4v) is 1.76. The molecule has 1 aromatic heterocycles. The van der Waals surface area contributed by atoms with Crippen molar-refractivity contribution in [3.05, 3.63) is 53.9 Å². The number of ketones is 1. The number of pyridine rings is 1. The van der Waals surface area contributed by atoms with E-state index >= 15 is 0 Å². The fraction of sp³-hybridized carbons (Fsp3) is 0.0714. The van der Waals surface area contributed by atoms with Crippen LogP contribution in [0.3, 0.4) is 0 Å². The fourth-order valence-electron chi connectivity index (χ4n) is 1.76. The van der Waals surface area contributed by atoms with Gasteiger partial charge in [0.1, 0.15) is 11.3 Å². The number of aromatic nitrogens is 1. The van der Waals surface area contributed by atoms with Crippen molar-refractivity contribution in [3.63, 3.8) is 0 Å². The predicted octanol–water partition coefficient (Wildman–Crippen LogP) is -0.265. The Morgan fingerprint density at radius 2 is 2.05 bits per heavy atom. The van der Waals surface area contributed by atoms with Gasteiger partial charge in [-0.15, -0.1) is 0 Å². The number of nitrogens with zero attached hydrogens (tertiary/aromatic N) is 1. The largest absolute Gasteiger partial charge is 0.872 e. The van der Waals surface area contributed by atoms with E-state index in [0.717, 1.165) is 6.07 Å². The van der Waals surface area contributed by atoms with E-state index in [9.17, 15) is 14.7 Å². The van der Waals surface area contributed by atoms with E-state index in [0.29, 0.717) is 0 Å². The van der Waals surface area contributed by atoms with Crippen molar-refractivity contribution in [2.24, 2.45) is 5.73 Å². The number of hydrogen-bond acceptors (Lipinski definition) is 4.